The second-order valence-corrected chi connectivity index (χ2v) is 10.2. The summed E-state index contributed by atoms with van der Waals surface area (Å²) in [7, 11) is 0. The highest BCUT2D eigenvalue weighted by molar-refractivity contribution is 7.99. The highest BCUT2D eigenvalue weighted by Crippen LogP contribution is 2.37. The van der Waals surface area contributed by atoms with Crippen LogP contribution in [0.5, 0.6) is 0 Å². The summed E-state index contributed by atoms with van der Waals surface area (Å²) in [6.07, 6.45) is -3.39. The number of para-hydroxylation sites is 1. The molecule has 2 heterocycles. The summed E-state index contributed by atoms with van der Waals surface area (Å²) in [5.74, 6) is -1.79. The molecular formula is C28H30N4O8S. The van der Waals surface area contributed by atoms with E-state index >= 15 is 0 Å². The van der Waals surface area contributed by atoms with E-state index in [1.165, 1.54) is 27.7 Å². The molecular weight excluding hydrogens is 552 g/mol. The van der Waals surface area contributed by atoms with Crippen molar-refractivity contribution in [2.24, 2.45) is 0 Å². The van der Waals surface area contributed by atoms with Gasteiger partial charge in [-0.2, -0.15) is 0 Å². The van der Waals surface area contributed by atoms with Crippen molar-refractivity contribution >= 4 is 35.6 Å². The molecule has 13 heteroatoms. The molecule has 0 unspecified atom stereocenters. The summed E-state index contributed by atoms with van der Waals surface area (Å²) in [6.45, 7) is 4.63. The van der Waals surface area contributed by atoms with Crippen molar-refractivity contribution in [3.63, 3.8) is 0 Å². The van der Waals surface area contributed by atoms with Crippen LogP contribution in [0, 0.1) is 0 Å². The summed E-state index contributed by atoms with van der Waals surface area (Å²) in [5.41, 5.74) is 0.654. The highest BCUT2D eigenvalue weighted by Gasteiger charge is 2.51. The molecule has 1 aliphatic rings. The molecule has 5 atom stereocenters. The smallest absolute Gasteiger partial charge is 0.303 e. The van der Waals surface area contributed by atoms with Gasteiger partial charge < -0.3 is 24.3 Å². The first-order valence-corrected chi connectivity index (χ1v) is 13.6. The van der Waals surface area contributed by atoms with Gasteiger partial charge in [-0.25, -0.2) is 0 Å². The zero-order valence-electron chi connectivity index (χ0n) is 22.9. The largest absolute Gasteiger partial charge is 0.463 e. The van der Waals surface area contributed by atoms with Gasteiger partial charge in [0.2, 0.25) is 5.91 Å². The van der Waals surface area contributed by atoms with Crippen LogP contribution in [0.4, 0.5) is 0 Å². The molecule has 216 valence electrons. The van der Waals surface area contributed by atoms with Crippen LogP contribution in [-0.2, 0) is 38.1 Å². The van der Waals surface area contributed by atoms with Crippen LogP contribution in [0.2, 0.25) is 0 Å². The molecule has 1 fully saturated rings. The fourth-order valence-electron chi connectivity index (χ4n) is 4.43. The molecule has 3 aromatic rings. The molecule has 0 saturated carbocycles. The lowest BCUT2D eigenvalue weighted by Crippen LogP contribution is -2.65. The monoisotopic (exact) mass is 582 g/mol. The first-order valence-electron chi connectivity index (χ1n) is 12.8. The summed E-state index contributed by atoms with van der Waals surface area (Å²) < 4.78 is 24.4. The normalized spacial score (nSPS) is 21.9. The van der Waals surface area contributed by atoms with E-state index in [0.29, 0.717) is 11.0 Å². The SMILES string of the molecule is CC(=O)N[C@@H]1[C@@H](OC(C)=O)[C@H](OC(C)=O)[C@@H](COC(C)=O)O[C@H]1Sc1nnc(-c2ccccc2)n1-c1ccccc1. The first kappa shape index (κ1) is 29.7. The fourth-order valence-corrected chi connectivity index (χ4v) is 5.59. The third kappa shape index (κ3) is 7.50. The Morgan fingerprint density at radius 2 is 1.46 bits per heavy atom. The van der Waals surface area contributed by atoms with E-state index in [0.717, 1.165) is 23.0 Å². The molecule has 1 N–H and O–H groups in total. The minimum Gasteiger partial charge on any atom is -0.463 e. The maximum atomic E-state index is 12.3. The van der Waals surface area contributed by atoms with Crippen molar-refractivity contribution < 1.29 is 38.1 Å². The number of thioether (sulfide) groups is 1. The van der Waals surface area contributed by atoms with Gasteiger partial charge >= 0.3 is 17.9 Å². The van der Waals surface area contributed by atoms with Crippen LogP contribution >= 0.6 is 11.8 Å². The molecule has 1 aromatic heterocycles. The number of aromatic nitrogens is 3. The lowest BCUT2D eigenvalue weighted by molar-refractivity contribution is -0.211. The van der Waals surface area contributed by atoms with E-state index in [1.54, 1.807) is 0 Å². The second-order valence-electron chi connectivity index (χ2n) is 9.18. The highest BCUT2D eigenvalue weighted by atomic mass is 32.2. The number of benzene rings is 2. The summed E-state index contributed by atoms with van der Waals surface area (Å²) in [5, 5.41) is 12.1. The van der Waals surface area contributed by atoms with Crippen LogP contribution in [0.15, 0.2) is 65.8 Å². The van der Waals surface area contributed by atoms with Crippen molar-refractivity contribution in [1.29, 1.82) is 0 Å². The van der Waals surface area contributed by atoms with Crippen LogP contribution in [0.25, 0.3) is 17.1 Å². The Bertz CT molecular complexity index is 1380. The molecule has 2 aromatic carbocycles. The molecule has 1 saturated heterocycles. The van der Waals surface area contributed by atoms with Gasteiger partial charge in [0.1, 0.15) is 24.2 Å². The minimum atomic E-state index is -1.18. The van der Waals surface area contributed by atoms with Gasteiger partial charge in [0.05, 0.1) is 0 Å². The summed E-state index contributed by atoms with van der Waals surface area (Å²) in [4.78, 5) is 48.2. The summed E-state index contributed by atoms with van der Waals surface area (Å²) in [6, 6.07) is 18.0. The Labute approximate surface area is 240 Å². The standard InChI is InChI=1S/C28H30N4O8S/c1-16(33)29-23-25(39-19(4)36)24(38-18(3)35)22(15-37-17(2)34)40-27(23)41-28-31-30-26(20-11-7-5-8-12-20)32(28)21-13-9-6-10-14-21/h5-14,22-25,27H,15H2,1-4H3,(H,29,33)/t22-,23-,24-,25-,27+/m1/s1. The summed E-state index contributed by atoms with van der Waals surface area (Å²) >= 11 is 1.12. The molecule has 0 bridgehead atoms. The number of esters is 3. The number of nitrogens with one attached hydrogen (secondary N) is 1. The molecule has 0 spiro atoms. The second kappa shape index (κ2) is 13.4. The predicted octanol–water partition coefficient (Wildman–Crippen LogP) is 2.68. The number of carbonyl (C=O) groups is 4. The fraction of sp³-hybridized carbons (Fsp3) is 0.357. The maximum Gasteiger partial charge on any atom is 0.303 e. The number of carbonyl (C=O) groups excluding carboxylic acids is 4. The average molecular weight is 583 g/mol. The molecule has 12 nitrogen and oxygen atoms in total. The molecule has 1 aliphatic heterocycles. The van der Waals surface area contributed by atoms with E-state index < -0.39 is 53.6 Å². The lowest BCUT2D eigenvalue weighted by Gasteiger charge is -2.44. The van der Waals surface area contributed by atoms with Crippen molar-refractivity contribution in [2.75, 3.05) is 6.61 Å². The van der Waals surface area contributed by atoms with Gasteiger partial charge in [0.15, 0.2) is 23.2 Å². The van der Waals surface area contributed by atoms with Gasteiger partial charge in [-0.1, -0.05) is 60.3 Å². The Kier molecular flexibility index (Phi) is 9.73. The third-order valence-electron chi connectivity index (χ3n) is 5.97. The van der Waals surface area contributed by atoms with Gasteiger partial charge in [-0.3, -0.25) is 23.7 Å². The maximum absolute atomic E-state index is 12.3. The third-order valence-corrected chi connectivity index (χ3v) is 7.08. The number of nitrogens with zero attached hydrogens (tertiary/aromatic N) is 3. The average Bonchev–Trinajstić information content (AvgIpc) is 3.34. The van der Waals surface area contributed by atoms with Gasteiger partial charge in [0.25, 0.3) is 0 Å². The molecule has 0 radical (unpaired) electrons. The van der Waals surface area contributed by atoms with Gasteiger partial charge in [-0.15, -0.1) is 10.2 Å². The van der Waals surface area contributed by atoms with Crippen molar-refractivity contribution in [3.8, 4) is 17.1 Å². The van der Waals surface area contributed by atoms with E-state index in [-0.39, 0.29) is 6.61 Å². The molecule has 4 rings (SSSR count). The van der Waals surface area contributed by atoms with Crippen LogP contribution in [0.1, 0.15) is 27.7 Å². The Morgan fingerprint density at radius 1 is 0.854 bits per heavy atom. The van der Waals surface area contributed by atoms with Gasteiger partial charge in [0, 0.05) is 38.9 Å². The van der Waals surface area contributed by atoms with E-state index in [9.17, 15) is 19.2 Å². The van der Waals surface area contributed by atoms with Gasteiger partial charge in [-0.05, 0) is 12.1 Å². The zero-order chi connectivity index (χ0) is 29.5. The topological polar surface area (TPSA) is 148 Å². The minimum absolute atomic E-state index is 0.296. The van der Waals surface area contributed by atoms with Crippen molar-refractivity contribution in [2.45, 2.75) is 62.6 Å². The van der Waals surface area contributed by atoms with E-state index in [4.69, 9.17) is 18.9 Å². The Morgan fingerprint density at radius 3 is 2.05 bits per heavy atom. The van der Waals surface area contributed by atoms with Crippen molar-refractivity contribution in [3.05, 3.63) is 60.7 Å². The number of ether oxygens (including phenoxy) is 4. The number of hydrogen-bond acceptors (Lipinski definition) is 11. The Balaban J connectivity index is 1.79. The quantitative estimate of drug-likeness (QED) is 0.293. The molecule has 41 heavy (non-hydrogen) atoms. The lowest BCUT2D eigenvalue weighted by atomic mass is 9.97. The van der Waals surface area contributed by atoms with Crippen molar-refractivity contribution in [1.82, 2.24) is 20.1 Å². The van der Waals surface area contributed by atoms with Crippen LogP contribution < -0.4 is 5.32 Å². The first-order chi connectivity index (χ1) is 19.6. The zero-order valence-corrected chi connectivity index (χ0v) is 23.7. The molecule has 1 amide bonds. The number of rotatable bonds is 9. The van der Waals surface area contributed by atoms with Crippen LogP contribution in [0.3, 0.4) is 0 Å². The Hall–Kier alpha value is -4.23. The molecule has 0 aliphatic carbocycles. The number of hydrogen-bond donors (Lipinski definition) is 1. The predicted molar refractivity (Wildman–Crippen MR) is 147 cm³/mol. The number of amides is 1. The van der Waals surface area contributed by atoms with E-state index in [1.807, 2.05) is 65.2 Å². The van der Waals surface area contributed by atoms with E-state index in [2.05, 4.69) is 15.5 Å². The van der Waals surface area contributed by atoms with Crippen LogP contribution in [-0.4, -0.2) is 75.0 Å².